The molecule has 7 heteroatoms. The monoisotopic (exact) mass is 420 g/mol. The van der Waals surface area contributed by atoms with Gasteiger partial charge in [0.2, 0.25) is 0 Å². The molecule has 1 aliphatic rings. The molecule has 1 amide bonds. The van der Waals surface area contributed by atoms with Crippen LogP contribution in [0.1, 0.15) is 18.4 Å². The summed E-state index contributed by atoms with van der Waals surface area (Å²) in [4.78, 5) is 29.3. The number of rotatable bonds is 6. The molecular formula is C24H24N2O5. The van der Waals surface area contributed by atoms with Crippen LogP contribution in [0, 0.1) is 5.92 Å². The summed E-state index contributed by atoms with van der Waals surface area (Å²) in [6.07, 6.45) is 3.05. The van der Waals surface area contributed by atoms with Gasteiger partial charge in [-0.3, -0.25) is 9.78 Å². The Hall–Kier alpha value is -3.61. The van der Waals surface area contributed by atoms with E-state index in [1.807, 2.05) is 18.2 Å². The predicted octanol–water partition coefficient (Wildman–Crippen LogP) is 4.15. The molecule has 3 aromatic rings. The van der Waals surface area contributed by atoms with Crippen LogP contribution in [0.5, 0.6) is 11.5 Å². The van der Waals surface area contributed by atoms with Crippen molar-refractivity contribution in [3.05, 3.63) is 66.4 Å². The van der Waals surface area contributed by atoms with Crippen molar-refractivity contribution < 1.29 is 24.2 Å². The molecule has 0 spiro atoms. The number of fused-ring (bicyclic) bond motifs is 1. The van der Waals surface area contributed by atoms with Gasteiger partial charge in [0.1, 0.15) is 11.5 Å². The molecule has 0 unspecified atom stereocenters. The topological polar surface area (TPSA) is 89.0 Å². The number of benzene rings is 2. The Labute approximate surface area is 180 Å². The summed E-state index contributed by atoms with van der Waals surface area (Å²) in [7, 11) is 0. The zero-order chi connectivity index (χ0) is 21.6. The fourth-order valence-corrected chi connectivity index (χ4v) is 3.65. The SMILES string of the molecule is O=C(O)Cc1ccc(OCC2CCN(C(=O)Oc3ccc4cccnc4c3)CC2)cc1. The molecule has 0 saturated carbocycles. The first kappa shape index (κ1) is 20.7. The summed E-state index contributed by atoms with van der Waals surface area (Å²) < 4.78 is 11.4. The Kier molecular flexibility index (Phi) is 6.31. The molecule has 1 fully saturated rings. The van der Waals surface area contributed by atoms with Crippen molar-refractivity contribution in [3.63, 3.8) is 0 Å². The molecule has 31 heavy (non-hydrogen) atoms. The molecule has 1 aromatic heterocycles. The Balaban J connectivity index is 1.23. The third kappa shape index (κ3) is 5.51. The lowest BCUT2D eigenvalue weighted by atomic mass is 9.98. The Morgan fingerprint density at radius 1 is 1.03 bits per heavy atom. The number of carboxylic acid groups (broad SMARTS) is 1. The van der Waals surface area contributed by atoms with Gasteiger partial charge in [-0.15, -0.1) is 0 Å². The molecule has 0 bridgehead atoms. The average molecular weight is 420 g/mol. The minimum Gasteiger partial charge on any atom is -0.493 e. The van der Waals surface area contributed by atoms with E-state index in [1.54, 1.807) is 47.5 Å². The van der Waals surface area contributed by atoms with Crippen molar-refractivity contribution in [2.24, 2.45) is 5.92 Å². The molecular weight excluding hydrogens is 396 g/mol. The number of piperidine rings is 1. The van der Waals surface area contributed by atoms with E-state index in [4.69, 9.17) is 14.6 Å². The van der Waals surface area contributed by atoms with E-state index < -0.39 is 5.97 Å². The van der Waals surface area contributed by atoms with E-state index in [9.17, 15) is 9.59 Å². The van der Waals surface area contributed by atoms with Crippen LogP contribution in [0.15, 0.2) is 60.8 Å². The van der Waals surface area contributed by atoms with Gasteiger partial charge >= 0.3 is 12.1 Å². The van der Waals surface area contributed by atoms with Crippen LogP contribution in [-0.4, -0.2) is 46.7 Å². The molecule has 2 heterocycles. The zero-order valence-electron chi connectivity index (χ0n) is 17.1. The largest absolute Gasteiger partial charge is 0.493 e. The number of hydrogen-bond acceptors (Lipinski definition) is 5. The number of hydrogen-bond donors (Lipinski definition) is 1. The molecule has 7 nitrogen and oxygen atoms in total. The van der Waals surface area contributed by atoms with Gasteiger partial charge in [0, 0.05) is 30.7 Å². The smallest absolute Gasteiger partial charge is 0.415 e. The van der Waals surface area contributed by atoms with Gasteiger partial charge in [-0.2, -0.15) is 0 Å². The number of carbonyl (C=O) groups excluding carboxylic acids is 1. The fraction of sp³-hybridized carbons (Fsp3) is 0.292. The summed E-state index contributed by atoms with van der Waals surface area (Å²) in [5, 5.41) is 9.82. The number of aromatic nitrogens is 1. The molecule has 2 aromatic carbocycles. The van der Waals surface area contributed by atoms with Gasteiger partial charge in [-0.05, 0) is 54.7 Å². The third-order valence-corrected chi connectivity index (χ3v) is 5.42. The lowest BCUT2D eigenvalue weighted by Crippen LogP contribution is -2.41. The highest BCUT2D eigenvalue weighted by Gasteiger charge is 2.24. The maximum absolute atomic E-state index is 12.5. The van der Waals surface area contributed by atoms with Crippen LogP contribution in [0.25, 0.3) is 10.9 Å². The van der Waals surface area contributed by atoms with E-state index in [1.165, 1.54) is 0 Å². The maximum atomic E-state index is 12.5. The first-order valence-electron chi connectivity index (χ1n) is 10.3. The summed E-state index contributed by atoms with van der Waals surface area (Å²) in [6, 6.07) is 16.4. The number of amides is 1. The van der Waals surface area contributed by atoms with Gasteiger partial charge < -0.3 is 19.5 Å². The number of pyridine rings is 1. The lowest BCUT2D eigenvalue weighted by Gasteiger charge is -2.31. The van der Waals surface area contributed by atoms with Gasteiger partial charge in [0.15, 0.2) is 0 Å². The van der Waals surface area contributed by atoms with Crippen LogP contribution in [0.2, 0.25) is 0 Å². The highest BCUT2D eigenvalue weighted by Crippen LogP contribution is 2.23. The molecule has 0 radical (unpaired) electrons. The van der Waals surface area contributed by atoms with Crippen molar-refractivity contribution in [1.82, 2.24) is 9.88 Å². The van der Waals surface area contributed by atoms with Crippen molar-refractivity contribution >= 4 is 23.0 Å². The number of aliphatic carboxylic acids is 1. The second-order valence-corrected chi connectivity index (χ2v) is 7.68. The number of likely N-dealkylation sites (tertiary alicyclic amines) is 1. The van der Waals surface area contributed by atoms with E-state index in [0.29, 0.717) is 31.4 Å². The maximum Gasteiger partial charge on any atom is 0.415 e. The molecule has 1 aliphatic heterocycles. The first-order chi connectivity index (χ1) is 15.1. The van der Waals surface area contributed by atoms with E-state index in [-0.39, 0.29) is 12.5 Å². The van der Waals surface area contributed by atoms with Gasteiger partial charge in [-0.1, -0.05) is 18.2 Å². The summed E-state index contributed by atoms with van der Waals surface area (Å²) >= 11 is 0. The first-order valence-corrected chi connectivity index (χ1v) is 10.3. The van der Waals surface area contributed by atoms with Crippen molar-refractivity contribution in [2.45, 2.75) is 19.3 Å². The highest BCUT2D eigenvalue weighted by atomic mass is 16.6. The zero-order valence-corrected chi connectivity index (χ0v) is 17.1. The Morgan fingerprint density at radius 3 is 2.52 bits per heavy atom. The minimum atomic E-state index is -0.851. The second kappa shape index (κ2) is 9.47. The summed E-state index contributed by atoms with van der Waals surface area (Å²) in [6.45, 7) is 1.81. The number of ether oxygens (including phenoxy) is 2. The van der Waals surface area contributed by atoms with Gasteiger partial charge in [0.05, 0.1) is 18.5 Å². The van der Waals surface area contributed by atoms with Crippen LogP contribution in [0.3, 0.4) is 0 Å². The highest BCUT2D eigenvalue weighted by molar-refractivity contribution is 5.81. The summed E-state index contributed by atoms with van der Waals surface area (Å²) in [5.74, 6) is 0.720. The normalized spacial score (nSPS) is 14.4. The average Bonchev–Trinajstić information content (AvgIpc) is 2.78. The third-order valence-electron chi connectivity index (χ3n) is 5.42. The number of carbonyl (C=O) groups is 2. The van der Waals surface area contributed by atoms with Gasteiger partial charge in [0.25, 0.3) is 0 Å². The summed E-state index contributed by atoms with van der Waals surface area (Å²) in [5.41, 5.74) is 1.54. The number of nitrogens with zero attached hydrogens (tertiary/aromatic N) is 2. The molecule has 160 valence electrons. The van der Waals surface area contributed by atoms with Crippen LogP contribution in [0.4, 0.5) is 4.79 Å². The standard InChI is InChI=1S/C24H24N2O5/c27-23(28)14-17-3-6-20(7-4-17)30-16-18-9-12-26(13-10-18)24(29)31-21-8-5-19-2-1-11-25-22(19)15-21/h1-8,11,15,18H,9-10,12-14,16H2,(H,27,28). The van der Waals surface area contributed by atoms with E-state index in [0.717, 1.165) is 35.1 Å². The Morgan fingerprint density at radius 2 is 1.77 bits per heavy atom. The molecule has 4 rings (SSSR count). The Bertz CT molecular complexity index is 1060. The lowest BCUT2D eigenvalue weighted by molar-refractivity contribution is -0.136. The van der Waals surface area contributed by atoms with E-state index in [2.05, 4.69) is 4.98 Å². The van der Waals surface area contributed by atoms with Crippen molar-refractivity contribution in [3.8, 4) is 11.5 Å². The van der Waals surface area contributed by atoms with Crippen molar-refractivity contribution in [1.29, 1.82) is 0 Å². The molecule has 1 saturated heterocycles. The van der Waals surface area contributed by atoms with Crippen molar-refractivity contribution in [2.75, 3.05) is 19.7 Å². The van der Waals surface area contributed by atoms with E-state index >= 15 is 0 Å². The predicted molar refractivity (Wildman–Crippen MR) is 115 cm³/mol. The number of carboxylic acids is 1. The quantitative estimate of drug-likeness (QED) is 0.644. The van der Waals surface area contributed by atoms with Crippen LogP contribution in [-0.2, 0) is 11.2 Å². The molecule has 0 atom stereocenters. The molecule has 0 aliphatic carbocycles. The van der Waals surface area contributed by atoms with Crippen LogP contribution >= 0.6 is 0 Å². The molecule has 1 N–H and O–H groups in total. The fourth-order valence-electron chi connectivity index (χ4n) is 3.65. The van der Waals surface area contributed by atoms with Gasteiger partial charge in [-0.25, -0.2) is 4.79 Å². The second-order valence-electron chi connectivity index (χ2n) is 7.68. The minimum absolute atomic E-state index is 0.00452. The van der Waals surface area contributed by atoms with Crippen LogP contribution < -0.4 is 9.47 Å².